The second kappa shape index (κ2) is 11.9. The van der Waals surface area contributed by atoms with Crippen LogP contribution < -0.4 is 14.2 Å². The Bertz CT molecular complexity index is 1760. The minimum Gasteiger partial charge on any atom is -0.497 e. The Morgan fingerprint density at radius 3 is 2.44 bits per heavy atom. The maximum atomic E-state index is 13.1. The third-order valence-corrected chi connectivity index (χ3v) is 11.4. The van der Waals surface area contributed by atoms with Crippen LogP contribution in [0, 0.1) is 0 Å². The molecule has 2 aromatic carbocycles. The number of fused-ring (bicyclic) bond motifs is 7. The predicted octanol–water partition coefficient (Wildman–Crippen LogP) is 4.05. The van der Waals surface area contributed by atoms with Crippen molar-refractivity contribution < 1.29 is 23.1 Å². The molecule has 4 heterocycles. The maximum Gasteiger partial charge on any atom is 0.301 e. The Balaban J connectivity index is 1.42. The SMILES string of the molecule is CNS(=O)(=O)NC(=O)c1ccc2c(C3CCCCC3)c3n(c2c1)CC(C(O)N1C2CCC1CN(C)C2)=Cc1cc(OC)ccc1-3. The van der Waals surface area contributed by atoms with Gasteiger partial charge in [-0.15, -0.1) is 0 Å². The van der Waals surface area contributed by atoms with Crippen molar-refractivity contribution in [2.45, 2.75) is 75.7 Å². The molecule has 11 heteroatoms. The van der Waals surface area contributed by atoms with E-state index in [9.17, 15) is 18.3 Å². The van der Waals surface area contributed by atoms with Crippen molar-refractivity contribution in [3.8, 4) is 17.0 Å². The molecule has 3 aromatic rings. The summed E-state index contributed by atoms with van der Waals surface area (Å²) in [5.74, 6) is 0.424. The third kappa shape index (κ3) is 5.48. The first-order chi connectivity index (χ1) is 21.7. The number of carbonyl (C=O) groups excluding carboxylic acids is 1. The summed E-state index contributed by atoms with van der Waals surface area (Å²) in [6, 6.07) is 12.3. The standard InChI is InChI=1S/C34H43N5O5S/c1-35-45(42,43)36-33(40)22-9-13-29-30(17-22)38-18-24(34(41)39-25-10-11-26(39)20-37(2)19-25)15-23-16-27(44-3)12-14-28(23)32(38)31(29)21-7-5-4-6-8-21/h9,12-17,21,25-26,34-35,41H,4-8,10-11,18-20H2,1-3H3,(H,36,40). The highest BCUT2D eigenvalue weighted by atomic mass is 32.2. The topological polar surface area (TPSA) is 116 Å². The molecule has 240 valence electrons. The molecule has 0 radical (unpaired) electrons. The fraction of sp³-hybridized carbons (Fsp3) is 0.500. The lowest BCUT2D eigenvalue weighted by atomic mass is 9.81. The van der Waals surface area contributed by atoms with Crippen LogP contribution in [0.1, 0.15) is 72.3 Å². The number of nitrogens with zero attached hydrogens (tertiary/aromatic N) is 3. The fourth-order valence-corrected chi connectivity index (χ4v) is 8.80. The largest absolute Gasteiger partial charge is 0.497 e. The van der Waals surface area contributed by atoms with E-state index < -0.39 is 22.3 Å². The number of benzene rings is 2. The van der Waals surface area contributed by atoms with Gasteiger partial charge < -0.3 is 19.3 Å². The van der Waals surface area contributed by atoms with Gasteiger partial charge in [-0.05, 0) is 91.8 Å². The van der Waals surface area contributed by atoms with Crippen LogP contribution in [0.2, 0.25) is 0 Å². The van der Waals surface area contributed by atoms with E-state index in [1.807, 2.05) is 18.2 Å². The summed E-state index contributed by atoms with van der Waals surface area (Å²) in [7, 11) is 1.13. The van der Waals surface area contributed by atoms with E-state index >= 15 is 0 Å². The van der Waals surface area contributed by atoms with Gasteiger partial charge in [0.15, 0.2) is 0 Å². The highest BCUT2D eigenvalue weighted by Crippen LogP contribution is 2.47. The molecule has 1 amide bonds. The number of aromatic nitrogens is 1. The van der Waals surface area contributed by atoms with E-state index in [0.717, 1.165) is 77.8 Å². The van der Waals surface area contributed by atoms with Gasteiger partial charge in [0.05, 0.1) is 12.8 Å². The summed E-state index contributed by atoms with van der Waals surface area (Å²) in [5.41, 5.74) is 6.47. The molecule has 7 rings (SSSR count). The Labute approximate surface area is 265 Å². The Kier molecular flexibility index (Phi) is 8.02. The molecule has 45 heavy (non-hydrogen) atoms. The molecule has 2 saturated heterocycles. The van der Waals surface area contributed by atoms with Crippen LogP contribution in [0.25, 0.3) is 28.2 Å². The molecule has 1 saturated carbocycles. The predicted molar refractivity (Wildman–Crippen MR) is 175 cm³/mol. The number of ether oxygens (including phenoxy) is 1. The van der Waals surface area contributed by atoms with Crippen molar-refractivity contribution in [1.82, 2.24) is 23.8 Å². The van der Waals surface area contributed by atoms with Crippen LogP contribution in [-0.2, 0) is 16.8 Å². The molecular formula is C34H43N5O5S. The van der Waals surface area contributed by atoms with Gasteiger partial charge in [-0.2, -0.15) is 8.42 Å². The van der Waals surface area contributed by atoms with E-state index in [1.165, 1.54) is 31.9 Å². The third-order valence-electron chi connectivity index (χ3n) is 10.4. The number of carbonyl (C=O) groups is 1. The molecule has 1 aromatic heterocycles. The monoisotopic (exact) mass is 633 g/mol. The first kappa shape index (κ1) is 30.4. The number of rotatable bonds is 7. The molecule has 3 atom stereocenters. The molecule has 0 spiro atoms. The second-order valence-corrected chi connectivity index (χ2v) is 14.8. The van der Waals surface area contributed by atoms with Gasteiger partial charge in [-0.3, -0.25) is 9.69 Å². The number of likely N-dealkylation sites (tertiary alicyclic amines) is 1. The van der Waals surface area contributed by atoms with Crippen molar-refractivity contribution in [3.63, 3.8) is 0 Å². The van der Waals surface area contributed by atoms with E-state index in [2.05, 4.69) is 49.1 Å². The zero-order valence-corrected chi connectivity index (χ0v) is 27.1. The lowest BCUT2D eigenvalue weighted by Crippen LogP contribution is -2.56. The minimum atomic E-state index is -3.96. The average Bonchev–Trinajstić information content (AvgIpc) is 3.43. The van der Waals surface area contributed by atoms with E-state index in [4.69, 9.17) is 4.74 Å². The van der Waals surface area contributed by atoms with E-state index in [1.54, 1.807) is 13.2 Å². The number of hydrogen-bond donors (Lipinski definition) is 3. The van der Waals surface area contributed by atoms with Crippen molar-refractivity contribution in [2.24, 2.45) is 0 Å². The number of nitrogens with one attached hydrogen (secondary N) is 2. The normalized spacial score (nSPS) is 23.2. The molecule has 1 aliphatic carbocycles. The maximum absolute atomic E-state index is 13.1. The molecule has 4 aliphatic rings. The van der Waals surface area contributed by atoms with E-state index in [0.29, 0.717) is 24.5 Å². The van der Waals surface area contributed by atoms with Crippen LogP contribution in [0.5, 0.6) is 5.75 Å². The summed E-state index contributed by atoms with van der Waals surface area (Å²) in [6.45, 7) is 2.31. The van der Waals surface area contributed by atoms with Gasteiger partial charge in [0.1, 0.15) is 12.0 Å². The summed E-state index contributed by atoms with van der Waals surface area (Å²) in [4.78, 5) is 17.8. The molecular weight excluding hydrogens is 590 g/mol. The van der Waals surface area contributed by atoms with Gasteiger partial charge in [0.25, 0.3) is 5.91 Å². The average molecular weight is 634 g/mol. The van der Waals surface area contributed by atoms with Crippen LogP contribution in [0.15, 0.2) is 42.0 Å². The van der Waals surface area contributed by atoms with Crippen LogP contribution in [0.4, 0.5) is 0 Å². The molecule has 3 N–H and O–H groups in total. The number of aliphatic hydroxyl groups is 1. The van der Waals surface area contributed by atoms with Gasteiger partial charge >= 0.3 is 10.2 Å². The molecule has 3 aliphatic heterocycles. The highest BCUT2D eigenvalue weighted by Gasteiger charge is 2.43. The first-order valence-corrected chi connectivity index (χ1v) is 17.6. The number of amides is 1. The summed E-state index contributed by atoms with van der Waals surface area (Å²) in [5, 5.41) is 13.2. The highest BCUT2D eigenvalue weighted by molar-refractivity contribution is 7.88. The zero-order valence-electron chi connectivity index (χ0n) is 26.3. The van der Waals surface area contributed by atoms with Gasteiger partial charge in [0, 0.05) is 60.8 Å². The van der Waals surface area contributed by atoms with Crippen LogP contribution >= 0.6 is 0 Å². The lowest BCUT2D eigenvalue weighted by molar-refractivity contribution is -0.0416. The van der Waals surface area contributed by atoms with E-state index in [-0.39, 0.29) is 5.56 Å². The second-order valence-electron chi connectivity index (χ2n) is 13.2. The van der Waals surface area contributed by atoms with Gasteiger partial charge in [-0.1, -0.05) is 25.3 Å². The summed E-state index contributed by atoms with van der Waals surface area (Å²) >= 11 is 0. The summed E-state index contributed by atoms with van der Waals surface area (Å²) in [6.07, 6.45) is 9.27. The first-order valence-electron chi connectivity index (χ1n) is 16.1. The van der Waals surface area contributed by atoms with Crippen LogP contribution in [-0.4, -0.2) is 86.4 Å². The lowest BCUT2D eigenvalue weighted by Gasteiger charge is -2.42. The Morgan fingerprint density at radius 2 is 1.76 bits per heavy atom. The van der Waals surface area contributed by atoms with Gasteiger partial charge in [-0.25, -0.2) is 9.44 Å². The number of likely N-dealkylation sites (N-methyl/N-ethyl adjacent to an activating group) is 1. The summed E-state index contributed by atoms with van der Waals surface area (Å²) < 4.78 is 36.5. The van der Waals surface area contributed by atoms with Crippen LogP contribution in [0.3, 0.4) is 0 Å². The number of hydrogen-bond acceptors (Lipinski definition) is 7. The number of methoxy groups -OCH3 is 1. The quantitative estimate of drug-likeness (QED) is 0.360. The molecule has 3 unspecified atom stereocenters. The smallest absolute Gasteiger partial charge is 0.301 e. The van der Waals surface area contributed by atoms with Crippen molar-refractivity contribution >= 4 is 33.1 Å². The fourth-order valence-electron chi connectivity index (χ4n) is 8.33. The van der Waals surface area contributed by atoms with Crippen molar-refractivity contribution in [2.75, 3.05) is 34.3 Å². The Hall–Kier alpha value is -3.22. The Morgan fingerprint density at radius 1 is 1.02 bits per heavy atom. The molecule has 2 bridgehead atoms. The van der Waals surface area contributed by atoms with Gasteiger partial charge in [0.2, 0.25) is 0 Å². The minimum absolute atomic E-state index is 0.263. The van der Waals surface area contributed by atoms with Crippen molar-refractivity contribution in [3.05, 3.63) is 58.7 Å². The zero-order chi connectivity index (χ0) is 31.5. The number of aliphatic hydroxyl groups excluding tert-OH is 1. The van der Waals surface area contributed by atoms with Crippen molar-refractivity contribution in [1.29, 1.82) is 0 Å². The number of piperazine rings is 1. The molecule has 10 nitrogen and oxygen atoms in total. The molecule has 3 fully saturated rings.